The van der Waals surface area contributed by atoms with Crippen molar-refractivity contribution in [2.45, 2.75) is 38.8 Å². The number of rotatable bonds is 16. The van der Waals surface area contributed by atoms with Crippen LogP contribution in [0.15, 0.2) is 170 Å². The Kier molecular flexibility index (Phi) is 12.7. The zero-order valence-corrected chi connectivity index (χ0v) is 33.3. The van der Waals surface area contributed by atoms with Crippen molar-refractivity contribution >= 4 is 35.1 Å². The third-order valence-corrected chi connectivity index (χ3v) is 11.1. The highest BCUT2D eigenvalue weighted by Crippen LogP contribution is 2.51. The number of carbonyl (C=O) groups excluding carboxylic acids is 2. The maximum Gasteiger partial charge on any atom is 0.308 e. The molecule has 60 heavy (non-hydrogen) atoms. The maximum atomic E-state index is 15.4. The van der Waals surface area contributed by atoms with Crippen molar-refractivity contribution in [1.29, 1.82) is 0 Å². The van der Waals surface area contributed by atoms with Gasteiger partial charge in [0, 0.05) is 11.4 Å². The summed E-state index contributed by atoms with van der Waals surface area (Å²) in [5.74, 6) is -8.39. The number of carboxylic acid groups (broad SMARTS) is 2. The van der Waals surface area contributed by atoms with E-state index in [9.17, 15) is 19.8 Å². The van der Waals surface area contributed by atoms with Crippen LogP contribution in [0.3, 0.4) is 0 Å². The highest BCUT2D eigenvalue weighted by atomic mass is 16.5. The first-order valence-electron chi connectivity index (χ1n) is 20.1. The Labute approximate surface area is 349 Å². The van der Waals surface area contributed by atoms with Gasteiger partial charge in [-0.15, -0.1) is 0 Å². The van der Waals surface area contributed by atoms with Gasteiger partial charge in [-0.25, -0.2) is 0 Å². The Balaban J connectivity index is 1.31. The van der Waals surface area contributed by atoms with E-state index in [-0.39, 0.29) is 0 Å². The monoisotopic (exact) mass is 802 g/mol. The van der Waals surface area contributed by atoms with Crippen LogP contribution in [0.5, 0.6) is 23.0 Å². The fraction of sp³-hybridized carbons (Fsp3) is 0.200. The molecule has 0 saturated heterocycles. The van der Waals surface area contributed by atoms with Crippen LogP contribution in [0.1, 0.15) is 49.9 Å². The van der Waals surface area contributed by atoms with E-state index in [1.165, 1.54) is 9.80 Å². The first-order chi connectivity index (χ1) is 29.2. The summed E-state index contributed by atoms with van der Waals surface area (Å²) < 4.78 is 12.1. The summed E-state index contributed by atoms with van der Waals surface area (Å²) in [7, 11) is 0. The molecular weight excluding hydrogens is 757 g/mol. The molecule has 6 atom stereocenters. The number of carboxylic acids is 2. The van der Waals surface area contributed by atoms with Crippen molar-refractivity contribution in [3.05, 3.63) is 181 Å². The Morgan fingerprint density at radius 1 is 0.433 bits per heavy atom. The molecule has 2 amide bonds. The van der Waals surface area contributed by atoms with Gasteiger partial charge < -0.3 is 29.5 Å². The van der Waals surface area contributed by atoms with Crippen LogP contribution < -0.4 is 19.3 Å². The summed E-state index contributed by atoms with van der Waals surface area (Å²) in [6, 6.07) is 49.7. The van der Waals surface area contributed by atoms with Gasteiger partial charge in [-0.1, -0.05) is 111 Å². The number of nitrogens with zero attached hydrogens (tertiary/aromatic N) is 2. The van der Waals surface area contributed by atoms with E-state index in [1.54, 1.807) is 48.5 Å². The largest absolute Gasteiger partial charge is 0.481 e. The van der Waals surface area contributed by atoms with E-state index in [0.717, 1.165) is 11.1 Å². The number of para-hydroxylation sites is 2. The van der Waals surface area contributed by atoms with Gasteiger partial charge in [-0.2, -0.15) is 0 Å². The van der Waals surface area contributed by atoms with Crippen molar-refractivity contribution in [3.63, 3.8) is 0 Å². The average molecular weight is 803 g/mol. The zero-order chi connectivity index (χ0) is 42.2. The van der Waals surface area contributed by atoms with Crippen LogP contribution in [-0.4, -0.2) is 34.0 Å². The molecule has 0 heterocycles. The van der Waals surface area contributed by atoms with Crippen LogP contribution in [0.2, 0.25) is 0 Å². The lowest BCUT2D eigenvalue weighted by Crippen LogP contribution is -2.65. The van der Waals surface area contributed by atoms with E-state index >= 15 is 9.59 Å². The number of benzene rings is 6. The first kappa shape index (κ1) is 41.0. The van der Waals surface area contributed by atoms with E-state index in [4.69, 9.17) is 9.47 Å². The third-order valence-electron chi connectivity index (χ3n) is 11.1. The number of ether oxygens (including phenoxy) is 2. The Hall–Kier alpha value is -7.20. The Bertz CT molecular complexity index is 2210. The molecule has 0 spiro atoms. The molecule has 10 heteroatoms. The Morgan fingerprint density at radius 3 is 1.00 bits per heavy atom. The summed E-state index contributed by atoms with van der Waals surface area (Å²) in [6.07, 6.45) is 0.859. The molecular formula is C50H46N2O8. The summed E-state index contributed by atoms with van der Waals surface area (Å²) in [5.41, 5.74) is 2.45. The van der Waals surface area contributed by atoms with Gasteiger partial charge in [0.1, 0.15) is 23.0 Å². The molecule has 6 aromatic carbocycles. The predicted molar refractivity (Wildman–Crippen MR) is 229 cm³/mol. The molecule has 4 unspecified atom stereocenters. The van der Waals surface area contributed by atoms with Gasteiger partial charge in [0.2, 0.25) is 11.8 Å². The molecule has 0 radical (unpaired) electrons. The van der Waals surface area contributed by atoms with E-state index in [1.807, 2.05) is 135 Å². The minimum absolute atomic E-state index is 0.429. The summed E-state index contributed by atoms with van der Waals surface area (Å²) in [5, 5.41) is 21.3. The van der Waals surface area contributed by atoms with Gasteiger partial charge in [0.25, 0.3) is 0 Å². The Morgan fingerprint density at radius 2 is 0.717 bits per heavy atom. The van der Waals surface area contributed by atoms with Crippen molar-refractivity contribution in [3.8, 4) is 23.0 Å². The van der Waals surface area contributed by atoms with Crippen LogP contribution in [0.25, 0.3) is 0 Å². The molecule has 7 rings (SSSR count). The van der Waals surface area contributed by atoms with E-state index < -0.39 is 59.5 Å². The van der Waals surface area contributed by atoms with Crippen LogP contribution in [0, 0.1) is 23.7 Å². The van der Waals surface area contributed by atoms with Gasteiger partial charge in [0.15, 0.2) is 0 Å². The molecule has 10 nitrogen and oxygen atoms in total. The van der Waals surface area contributed by atoms with Crippen molar-refractivity contribution in [1.82, 2.24) is 0 Å². The van der Waals surface area contributed by atoms with Crippen LogP contribution in [0.4, 0.5) is 11.4 Å². The molecule has 1 saturated carbocycles. The highest BCUT2D eigenvalue weighted by Gasteiger charge is 2.65. The normalized spacial score (nSPS) is 17.9. The molecule has 1 aliphatic rings. The minimum atomic E-state index is -1.68. The SMILES string of the molecule is CC[C@@H](c1ccccc1)N(C(=O)C1C(C(=O)O)C(C(=O)O)C1C(=O)N(c1ccc(Oc2ccccc2)cc1)[C@@H](CC)c1ccccc1)c1ccc(Oc2ccccc2)cc1. The second kappa shape index (κ2) is 18.6. The number of amides is 2. The maximum absolute atomic E-state index is 15.4. The number of carbonyl (C=O) groups is 4. The summed E-state index contributed by atoms with van der Waals surface area (Å²) in [6.45, 7) is 3.84. The lowest BCUT2D eigenvalue weighted by atomic mass is 9.55. The van der Waals surface area contributed by atoms with Crippen LogP contribution >= 0.6 is 0 Å². The fourth-order valence-corrected chi connectivity index (χ4v) is 8.30. The van der Waals surface area contributed by atoms with Gasteiger partial charge in [-0.05, 0) is 96.8 Å². The average Bonchev–Trinajstić information content (AvgIpc) is 3.26. The zero-order valence-electron chi connectivity index (χ0n) is 33.3. The number of hydrogen-bond acceptors (Lipinski definition) is 6. The topological polar surface area (TPSA) is 134 Å². The first-order valence-corrected chi connectivity index (χ1v) is 20.1. The lowest BCUT2D eigenvalue weighted by molar-refractivity contribution is -0.180. The lowest BCUT2D eigenvalue weighted by Gasteiger charge is -2.50. The number of anilines is 2. The van der Waals surface area contributed by atoms with E-state index in [0.29, 0.717) is 47.2 Å². The molecule has 0 bridgehead atoms. The molecule has 304 valence electrons. The minimum Gasteiger partial charge on any atom is -0.481 e. The molecule has 6 aromatic rings. The quantitative estimate of drug-likeness (QED) is 0.0988. The highest BCUT2D eigenvalue weighted by molar-refractivity contribution is 6.09. The molecule has 1 fully saturated rings. The fourth-order valence-electron chi connectivity index (χ4n) is 8.30. The number of hydrogen-bond donors (Lipinski definition) is 2. The molecule has 1 aliphatic carbocycles. The third kappa shape index (κ3) is 8.63. The second-order valence-electron chi connectivity index (χ2n) is 14.7. The molecule has 0 aliphatic heterocycles. The predicted octanol–water partition coefficient (Wildman–Crippen LogP) is 10.6. The van der Waals surface area contributed by atoms with Crippen LogP contribution in [-0.2, 0) is 19.2 Å². The standard InChI is InChI=1S/C50H46N2O8/c1-3-41(33-17-9-5-10-18-33)51(35-25-29-39(30-26-35)59-37-21-13-7-14-22-37)47(53)43-44(46(50(57)58)45(43)49(55)56)48(54)52(42(4-2)34-19-11-6-12-20-34)36-27-31-40(32-28-36)60-38-23-15-8-16-24-38/h5-32,41-46H,3-4H2,1-2H3,(H,55,56)(H,57,58)/t41-,42-,43?,44?,45?,46?/m0/s1. The summed E-state index contributed by atoms with van der Waals surface area (Å²) in [4.78, 5) is 60.1. The van der Waals surface area contributed by atoms with Gasteiger partial charge in [0.05, 0.1) is 35.8 Å². The van der Waals surface area contributed by atoms with Crippen molar-refractivity contribution in [2.24, 2.45) is 23.7 Å². The summed E-state index contributed by atoms with van der Waals surface area (Å²) >= 11 is 0. The second-order valence-corrected chi connectivity index (χ2v) is 14.7. The number of aliphatic carboxylic acids is 2. The smallest absolute Gasteiger partial charge is 0.308 e. The van der Waals surface area contributed by atoms with Gasteiger partial charge >= 0.3 is 11.9 Å². The van der Waals surface area contributed by atoms with E-state index in [2.05, 4.69) is 0 Å². The van der Waals surface area contributed by atoms with Gasteiger partial charge in [-0.3, -0.25) is 19.2 Å². The molecule has 0 aromatic heterocycles. The van der Waals surface area contributed by atoms with Crippen molar-refractivity contribution < 1.29 is 38.9 Å². The van der Waals surface area contributed by atoms with Crippen molar-refractivity contribution in [2.75, 3.05) is 9.80 Å². The molecule has 2 N–H and O–H groups in total.